The van der Waals surface area contributed by atoms with Crippen molar-refractivity contribution in [3.8, 4) is 5.75 Å². The molecule has 1 aliphatic heterocycles. The number of amides is 1. The van der Waals surface area contributed by atoms with Crippen molar-refractivity contribution in [2.75, 3.05) is 30.4 Å². The standard InChI is InChI=1S/C20H20Br2N2O2/c1-4-24(5-2)14-7-6-12(18(11-14)26-3)8-16-15-9-13(21)10-17(22)19(15)23-20(16)25/h6-11H,4-5H2,1-3H3,(H,23,25). The Bertz CT molecular complexity index is 890. The molecule has 1 aliphatic rings. The number of hydrogen-bond acceptors (Lipinski definition) is 3. The number of fused-ring (bicyclic) bond motifs is 1. The van der Waals surface area contributed by atoms with Crippen LogP contribution < -0.4 is 15.0 Å². The van der Waals surface area contributed by atoms with Crippen LogP contribution in [0.4, 0.5) is 11.4 Å². The minimum absolute atomic E-state index is 0.117. The number of nitrogens with one attached hydrogen (secondary N) is 1. The molecule has 0 spiro atoms. The van der Waals surface area contributed by atoms with Crippen LogP contribution in [0.25, 0.3) is 11.6 Å². The first-order valence-corrected chi connectivity index (χ1v) is 10.0. The van der Waals surface area contributed by atoms with Crippen molar-refractivity contribution >= 4 is 60.8 Å². The van der Waals surface area contributed by atoms with Gasteiger partial charge in [0, 0.05) is 50.5 Å². The van der Waals surface area contributed by atoms with Crippen molar-refractivity contribution in [2.45, 2.75) is 13.8 Å². The molecule has 1 amide bonds. The fraction of sp³-hybridized carbons (Fsp3) is 0.250. The predicted molar refractivity (Wildman–Crippen MR) is 115 cm³/mol. The van der Waals surface area contributed by atoms with Crippen molar-refractivity contribution in [1.82, 2.24) is 0 Å². The van der Waals surface area contributed by atoms with E-state index in [4.69, 9.17) is 4.74 Å². The molecule has 0 saturated carbocycles. The highest BCUT2D eigenvalue weighted by molar-refractivity contribution is 9.11. The second kappa shape index (κ2) is 7.84. The third-order valence-corrected chi connectivity index (χ3v) is 5.56. The van der Waals surface area contributed by atoms with Gasteiger partial charge in [-0.3, -0.25) is 4.79 Å². The maximum absolute atomic E-state index is 12.5. The molecule has 0 radical (unpaired) electrons. The minimum Gasteiger partial charge on any atom is -0.496 e. The molecule has 1 N–H and O–H groups in total. The number of ether oxygens (including phenoxy) is 1. The fourth-order valence-electron chi connectivity index (χ4n) is 3.12. The van der Waals surface area contributed by atoms with Gasteiger partial charge in [0.05, 0.1) is 12.8 Å². The molecule has 4 nitrogen and oxygen atoms in total. The first kappa shape index (κ1) is 19.0. The van der Waals surface area contributed by atoms with Crippen molar-refractivity contribution < 1.29 is 9.53 Å². The van der Waals surface area contributed by atoms with Crippen molar-refractivity contribution in [2.24, 2.45) is 0 Å². The first-order valence-electron chi connectivity index (χ1n) is 8.43. The lowest BCUT2D eigenvalue weighted by molar-refractivity contribution is -0.110. The maximum Gasteiger partial charge on any atom is 0.256 e. The van der Waals surface area contributed by atoms with Gasteiger partial charge in [0.1, 0.15) is 5.75 Å². The van der Waals surface area contributed by atoms with E-state index in [0.717, 1.165) is 50.3 Å². The number of rotatable bonds is 5. The van der Waals surface area contributed by atoms with Crippen LogP contribution in [0.15, 0.2) is 39.3 Å². The molecule has 0 saturated heterocycles. The minimum atomic E-state index is -0.117. The lowest BCUT2D eigenvalue weighted by atomic mass is 10.0. The van der Waals surface area contributed by atoms with E-state index in [9.17, 15) is 4.79 Å². The number of carbonyl (C=O) groups is 1. The summed E-state index contributed by atoms with van der Waals surface area (Å²) in [6.45, 7) is 6.11. The summed E-state index contributed by atoms with van der Waals surface area (Å²) in [5.41, 5.74) is 4.26. The Morgan fingerprint density at radius 3 is 2.54 bits per heavy atom. The van der Waals surface area contributed by atoms with E-state index in [1.54, 1.807) is 7.11 Å². The first-order chi connectivity index (χ1) is 12.5. The van der Waals surface area contributed by atoms with Gasteiger partial charge in [0.15, 0.2) is 0 Å². The smallest absolute Gasteiger partial charge is 0.256 e. The Morgan fingerprint density at radius 1 is 1.15 bits per heavy atom. The third-order valence-electron chi connectivity index (χ3n) is 4.47. The van der Waals surface area contributed by atoms with Crippen LogP contribution in [-0.4, -0.2) is 26.1 Å². The predicted octanol–water partition coefficient (Wildman–Crippen LogP) is 5.56. The molecule has 1 heterocycles. The zero-order chi connectivity index (χ0) is 18.8. The Labute approximate surface area is 170 Å². The molecule has 0 aromatic heterocycles. The Kier molecular flexibility index (Phi) is 5.73. The number of methoxy groups -OCH3 is 1. The van der Waals surface area contributed by atoms with Crippen LogP contribution in [0.1, 0.15) is 25.0 Å². The molecule has 2 aromatic carbocycles. The lowest BCUT2D eigenvalue weighted by Gasteiger charge is -2.22. The molecular weight excluding hydrogens is 460 g/mol. The van der Waals surface area contributed by atoms with E-state index in [0.29, 0.717) is 5.57 Å². The number of hydrogen-bond donors (Lipinski definition) is 1. The lowest BCUT2D eigenvalue weighted by Crippen LogP contribution is -2.21. The normalized spacial score (nSPS) is 14.3. The van der Waals surface area contributed by atoms with Crippen LogP contribution in [0, 0.1) is 0 Å². The van der Waals surface area contributed by atoms with Gasteiger partial charge in [-0.2, -0.15) is 0 Å². The van der Waals surface area contributed by atoms with Gasteiger partial charge < -0.3 is 15.0 Å². The van der Waals surface area contributed by atoms with E-state index in [1.165, 1.54) is 0 Å². The molecule has 26 heavy (non-hydrogen) atoms. The molecule has 0 bridgehead atoms. The highest BCUT2D eigenvalue weighted by Crippen LogP contribution is 2.41. The summed E-state index contributed by atoms with van der Waals surface area (Å²) in [7, 11) is 1.65. The highest BCUT2D eigenvalue weighted by atomic mass is 79.9. The average Bonchev–Trinajstić information content (AvgIpc) is 2.93. The molecule has 6 heteroatoms. The van der Waals surface area contributed by atoms with Gasteiger partial charge in [0.2, 0.25) is 0 Å². The number of benzene rings is 2. The zero-order valence-corrected chi connectivity index (χ0v) is 18.1. The Balaban J connectivity index is 2.07. The summed E-state index contributed by atoms with van der Waals surface area (Å²) in [4.78, 5) is 14.8. The summed E-state index contributed by atoms with van der Waals surface area (Å²) in [5, 5.41) is 2.92. The van der Waals surface area contributed by atoms with E-state index >= 15 is 0 Å². The fourth-order valence-corrected chi connectivity index (χ4v) is 4.44. The van der Waals surface area contributed by atoms with E-state index in [-0.39, 0.29) is 5.91 Å². The van der Waals surface area contributed by atoms with Gasteiger partial charge in [-0.15, -0.1) is 0 Å². The number of nitrogens with zero attached hydrogens (tertiary/aromatic N) is 1. The average molecular weight is 480 g/mol. The summed E-state index contributed by atoms with van der Waals surface area (Å²) in [6, 6.07) is 9.94. The van der Waals surface area contributed by atoms with E-state index in [1.807, 2.05) is 30.3 Å². The van der Waals surface area contributed by atoms with Crippen LogP contribution >= 0.6 is 31.9 Å². The van der Waals surface area contributed by atoms with Gasteiger partial charge in [-0.1, -0.05) is 15.9 Å². The number of carbonyl (C=O) groups excluding carboxylic acids is 1. The van der Waals surface area contributed by atoms with Crippen molar-refractivity contribution in [1.29, 1.82) is 0 Å². The summed E-state index contributed by atoms with van der Waals surface area (Å²) < 4.78 is 7.35. The summed E-state index contributed by atoms with van der Waals surface area (Å²) in [5.74, 6) is 0.630. The third kappa shape index (κ3) is 3.53. The van der Waals surface area contributed by atoms with Crippen LogP contribution in [-0.2, 0) is 4.79 Å². The molecule has 3 rings (SSSR count). The molecule has 0 fully saturated rings. The largest absolute Gasteiger partial charge is 0.496 e. The molecule has 2 aromatic rings. The van der Waals surface area contributed by atoms with Gasteiger partial charge in [-0.25, -0.2) is 0 Å². The zero-order valence-electron chi connectivity index (χ0n) is 14.9. The van der Waals surface area contributed by atoms with Crippen molar-refractivity contribution in [3.63, 3.8) is 0 Å². The molecule has 0 unspecified atom stereocenters. The molecule has 0 aliphatic carbocycles. The topological polar surface area (TPSA) is 41.6 Å². The Morgan fingerprint density at radius 2 is 1.88 bits per heavy atom. The SMILES string of the molecule is CCN(CC)c1ccc(C=C2C(=O)Nc3c(Br)cc(Br)cc32)c(OC)c1. The number of anilines is 2. The van der Waals surface area contributed by atoms with Crippen LogP contribution in [0.2, 0.25) is 0 Å². The van der Waals surface area contributed by atoms with E-state index < -0.39 is 0 Å². The van der Waals surface area contributed by atoms with E-state index in [2.05, 4.69) is 62.0 Å². The second-order valence-corrected chi connectivity index (χ2v) is 7.69. The van der Waals surface area contributed by atoms with Gasteiger partial charge in [0.25, 0.3) is 5.91 Å². The second-order valence-electron chi connectivity index (χ2n) is 5.92. The summed E-state index contributed by atoms with van der Waals surface area (Å²) in [6.07, 6.45) is 1.88. The van der Waals surface area contributed by atoms with Crippen LogP contribution in [0.3, 0.4) is 0 Å². The highest BCUT2D eigenvalue weighted by Gasteiger charge is 2.27. The van der Waals surface area contributed by atoms with Gasteiger partial charge >= 0.3 is 0 Å². The van der Waals surface area contributed by atoms with Crippen LogP contribution in [0.5, 0.6) is 5.75 Å². The maximum atomic E-state index is 12.5. The quantitative estimate of drug-likeness (QED) is 0.571. The molecule has 0 atom stereocenters. The molecule has 136 valence electrons. The molecular formula is C20H20Br2N2O2. The monoisotopic (exact) mass is 478 g/mol. The van der Waals surface area contributed by atoms with Crippen molar-refractivity contribution in [3.05, 3.63) is 50.4 Å². The Hall–Kier alpha value is -1.79. The summed E-state index contributed by atoms with van der Waals surface area (Å²) >= 11 is 7.00. The number of halogens is 2. The van der Waals surface area contributed by atoms with Gasteiger partial charge in [-0.05, 0) is 60.1 Å².